The van der Waals surface area contributed by atoms with E-state index in [0.717, 1.165) is 22.4 Å². The smallest absolute Gasteiger partial charge is 0.324 e. The lowest BCUT2D eigenvalue weighted by molar-refractivity contribution is -0.120. The molecule has 4 rings (SSSR count). The van der Waals surface area contributed by atoms with Crippen molar-refractivity contribution in [1.82, 2.24) is 13.9 Å². The van der Waals surface area contributed by atoms with Gasteiger partial charge in [-0.3, -0.25) is 9.36 Å². The van der Waals surface area contributed by atoms with Gasteiger partial charge in [-0.2, -0.15) is 4.31 Å². The van der Waals surface area contributed by atoms with E-state index in [4.69, 9.17) is 0 Å². The molecular weight excluding hydrogens is 452 g/mol. The molecule has 0 unspecified atom stereocenters. The number of nitrogens with zero attached hydrogens (tertiary/aromatic N) is 2. The molecule has 0 atom stereocenters. The van der Waals surface area contributed by atoms with Crippen LogP contribution in [0.4, 0.5) is 5.69 Å². The van der Waals surface area contributed by atoms with Crippen molar-refractivity contribution in [2.24, 2.45) is 5.92 Å². The molecule has 0 saturated carbocycles. The number of aryl methyl sites for hydroxylation is 4. The highest BCUT2D eigenvalue weighted by Crippen LogP contribution is 2.30. The molecule has 2 N–H and O–H groups in total. The first-order valence-electron chi connectivity index (χ1n) is 11.3. The van der Waals surface area contributed by atoms with Gasteiger partial charge in [-0.15, -0.1) is 0 Å². The topological polar surface area (TPSA) is 104 Å². The fourth-order valence-electron chi connectivity index (χ4n) is 4.83. The third-order valence-corrected chi connectivity index (χ3v) is 8.60. The fraction of sp³-hybridized carbons (Fsp3) is 0.360. The van der Waals surface area contributed by atoms with Gasteiger partial charge >= 0.3 is 5.69 Å². The van der Waals surface area contributed by atoms with E-state index >= 15 is 0 Å². The number of piperidine rings is 1. The van der Waals surface area contributed by atoms with Crippen molar-refractivity contribution in [3.63, 3.8) is 0 Å². The van der Waals surface area contributed by atoms with E-state index in [9.17, 15) is 18.0 Å². The number of rotatable bonds is 5. The molecule has 1 fully saturated rings. The molecule has 34 heavy (non-hydrogen) atoms. The molecule has 1 aromatic heterocycles. The molecule has 2 aromatic carbocycles. The summed E-state index contributed by atoms with van der Waals surface area (Å²) in [6.45, 7) is 7.97. The molecule has 8 nitrogen and oxygen atoms in total. The number of aromatic amines is 1. The quantitative estimate of drug-likeness (QED) is 0.581. The van der Waals surface area contributed by atoms with Gasteiger partial charge in [0.25, 0.3) is 0 Å². The second kappa shape index (κ2) is 9.23. The van der Waals surface area contributed by atoms with Crippen molar-refractivity contribution in [3.8, 4) is 5.69 Å². The number of H-pyrrole nitrogens is 1. The van der Waals surface area contributed by atoms with Gasteiger partial charge in [-0.05, 0) is 63.8 Å². The van der Waals surface area contributed by atoms with Crippen LogP contribution in [0.3, 0.4) is 0 Å². The summed E-state index contributed by atoms with van der Waals surface area (Å²) >= 11 is 0. The Kier molecular flexibility index (Phi) is 6.51. The van der Waals surface area contributed by atoms with Gasteiger partial charge in [0.05, 0.1) is 16.3 Å². The van der Waals surface area contributed by atoms with E-state index in [0.29, 0.717) is 29.1 Å². The van der Waals surface area contributed by atoms with Crippen molar-refractivity contribution >= 4 is 21.6 Å². The van der Waals surface area contributed by atoms with Gasteiger partial charge in [0.1, 0.15) is 0 Å². The van der Waals surface area contributed by atoms with Crippen LogP contribution in [0.5, 0.6) is 0 Å². The normalized spacial score (nSPS) is 15.4. The number of para-hydroxylation sites is 2. The average Bonchev–Trinajstić information content (AvgIpc) is 3.11. The second-order valence-corrected chi connectivity index (χ2v) is 10.9. The number of nitrogens with one attached hydrogen (secondary N) is 2. The minimum absolute atomic E-state index is 0.173. The molecule has 1 saturated heterocycles. The van der Waals surface area contributed by atoms with Crippen LogP contribution < -0.4 is 11.0 Å². The number of anilines is 1. The number of sulfonamides is 1. The molecule has 0 bridgehead atoms. The number of benzene rings is 2. The predicted molar refractivity (Wildman–Crippen MR) is 132 cm³/mol. The summed E-state index contributed by atoms with van der Waals surface area (Å²) in [6.07, 6.45) is 2.48. The predicted octanol–water partition coefficient (Wildman–Crippen LogP) is 3.44. The molecule has 0 radical (unpaired) electrons. The monoisotopic (exact) mass is 482 g/mol. The van der Waals surface area contributed by atoms with Crippen molar-refractivity contribution in [2.75, 3.05) is 18.4 Å². The van der Waals surface area contributed by atoms with Gasteiger partial charge < -0.3 is 10.3 Å². The Bertz CT molecular complexity index is 1370. The number of carbonyl (C=O) groups excluding carboxylic acids is 1. The maximum Gasteiger partial charge on any atom is 0.330 e. The standard InChI is InChI=1S/C25H30N4O4S/c1-16-13-17(2)23(18(3)14-16)34(32,33)28-11-9-20(10-12-28)24(30)27-21-7-5-6-8-22(21)29-19(4)15-26-25(29)31/h5-8,13-15,20H,9-12H2,1-4H3,(H,26,31)(H,27,30). The highest BCUT2D eigenvalue weighted by Gasteiger charge is 2.34. The van der Waals surface area contributed by atoms with Gasteiger partial charge in [0, 0.05) is 30.9 Å². The molecule has 1 amide bonds. The SMILES string of the molecule is Cc1cc(C)c(S(=O)(=O)N2CCC(C(=O)Nc3ccccc3-n3c(C)c[nH]c3=O)CC2)c(C)c1. The van der Waals surface area contributed by atoms with Crippen molar-refractivity contribution < 1.29 is 13.2 Å². The third kappa shape index (κ3) is 4.45. The first-order valence-corrected chi connectivity index (χ1v) is 12.8. The zero-order valence-corrected chi connectivity index (χ0v) is 20.7. The Morgan fingerprint density at radius 2 is 1.65 bits per heavy atom. The summed E-state index contributed by atoms with van der Waals surface area (Å²) < 4.78 is 29.7. The van der Waals surface area contributed by atoms with Crippen LogP contribution in [0.2, 0.25) is 0 Å². The van der Waals surface area contributed by atoms with E-state index in [2.05, 4.69) is 10.3 Å². The Morgan fingerprint density at radius 1 is 1.03 bits per heavy atom. The van der Waals surface area contributed by atoms with Crippen LogP contribution in [0.15, 0.2) is 52.3 Å². The van der Waals surface area contributed by atoms with Crippen molar-refractivity contribution in [1.29, 1.82) is 0 Å². The lowest BCUT2D eigenvalue weighted by Crippen LogP contribution is -2.41. The lowest BCUT2D eigenvalue weighted by atomic mass is 9.97. The summed E-state index contributed by atoms with van der Waals surface area (Å²) in [7, 11) is -3.63. The van der Waals surface area contributed by atoms with E-state index in [1.165, 1.54) is 8.87 Å². The Hall–Kier alpha value is -3.17. The summed E-state index contributed by atoms with van der Waals surface area (Å²) in [5.74, 6) is -0.489. The van der Waals surface area contributed by atoms with Crippen molar-refractivity contribution in [2.45, 2.75) is 45.4 Å². The number of imidazole rings is 1. The van der Waals surface area contributed by atoms with E-state index in [1.54, 1.807) is 24.4 Å². The summed E-state index contributed by atoms with van der Waals surface area (Å²) in [6, 6.07) is 10.9. The minimum Gasteiger partial charge on any atom is -0.324 e. The Labute approximate surface area is 199 Å². The molecule has 1 aliphatic rings. The number of amides is 1. The van der Waals surface area contributed by atoms with E-state index < -0.39 is 10.0 Å². The first kappa shape index (κ1) is 24.0. The number of aromatic nitrogens is 2. The molecule has 9 heteroatoms. The second-order valence-electron chi connectivity index (χ2n) is 8.98. The van der Waals surface area contributed by atoms with Crippen LogP contribution in [0, 0.1) is 33.6 Å². The largest absolute Gasteiger partial charge is 0.330 e. The molecule has 1 aliphatic heterocycles. The van der Waals surface area contributed by atoms with Crippen molar-refractivity contribution in [3.05, 3.63) is 75.5 Å². The number of hydrogen-bond donors (Lipinski definition) is 2. The molecule has 3 aromatic rings. The lowest BCUT2D eigenvalue weighted by Gasteiger charge is -2.31. The Morgan fingerprint density at radius 3 is 2.24 bits per heavy atom. The molecular formula is C25H30N4O4S. The van der Waals surface area contributed by atoms with Gasteiger partial charge in [-0.1, -0.05) is 29.8 Å². The van der Waals surface area contributed by atoms with Gasteiger partial charge in [0.2, 0.25) is 15.9 Å². The summed E-state index contributed by atoms with van der Waals surface area (Å²) in [5, 5.41) is 2.95. The Balaban J connectivity index is 1.48. The number of hydrogen-bond acceptors (Lipinski definition) is 4. The molecule has 0 spiro atoms. The minimum atomic E-state index is -3.63. The zero-order chi connectivity index (χ0) is 24.6. The summed E-state index contributed by atoms with van der Waals surface area (Å²) in [5.41, 5.74) is 4.09. The highest BCUT2D eigenvalue weighted by molar-refractivity contribution is 7.89. The van der Waals surface area contributed by atoms with Gasteiger partial charge in [-0.25, -0.2) is 13.2 Å². The highest BCUT2D eigenvalue weighted by atomic mass is 32.2. The summed E-state index contributed by atoms with van der Waals surface area (Å²) in [4.78, 5) is 28.3. The van der Waals surface area contributed by atoms with Crippen LogP contribution in [-0.4, -0.2) is 41.3 Å². The van der Waals surface area contributed by atoms with Gasteiger partial charge in [0.15, 0.2) is 0 Å². The maximum absolute atomic E-state index is 13.3. The average molecular weight is 483 g/mol. The van der Waals surface area contributed by atoms with Crippen LogP contribution in [-0.2, 0) is 14.8 Å². The van der Waals surface area contributed by atoms with Crippen LogP contribution >= 0.6 is 0 Å². The van der Waals surface area contributed by atoms with E-state index in [-0.39, 0.29) is 30.6 Å². The number of carbonyl (C=O) groups is 1. The van der Waals surface area contributed by atoms with Crippen LogP contribution in [0.1, 0.15) is 35.2 Å². The molecule has 180 valence electrons. The first-order chi connectivity index (χ1) is 16.1. The van der Waals surface area contributed by atoms with E-state index in [1.807, 2.05) is 45.9 Å². The van der Waals surface area contributed by atoms with Crippen LogP contribution in [0.25, 0.3) is 5.69 Å². The third-order valence-electron chi connectivity index (χ3n) is 6.39. The zero-order valence-electron chi connectivity index (χ0n) is 19.9. The maximum atomic E-state index is 13.3. The molecule has 2 heterocycles. The fourth-order valence-corrected chi connectivity index (χ4v) is 6.71. The molecule has 0 aliphatic carbocycles.